The third kappa shape index (κ3) is 3.11. The van der Waals surface area contributed by atoms with E-state index in [0.717, 1.165) is 18.5 Å². The molecule has 1 fully saturated rings. The van der Waals surface area contributed by atoms with Gasteiger partial charge in [0.05, 0.1) is 17.4 Å². The van der Waals surface area contributed by atoms with Gasteiger partial charge in [-0.25, -0.2) is 0 Å². The van der Waals surface area contributed by atoms with Crippen molar-refractivity contribution in [3.8, 4) is 0 Å². The SMILES string of the molecule is C(=C1/CCCC2C1=NN(c1ccccc1)C2c1ccncc1)/c1ccncc1. The zero-order valence-corrected chi connectivity index (χ0v) is 15.6. The maximum Gasteiger partial charge on any atom is 0.0860 e. The van der Waals surface area contributed by atoms with Crippen LogP contribution in [0.5, 0.6) is 0 Å². The molecule has 2 aromatic heterocycles. The molecule has 2 atom stereocenters. The van der Waals surface area contributed by atoms with Crippen LogP contribution < -0.4 is 5.01 Å². The van der Waals surface area contributed by atoms with Crippen molar-refractivity contribution in [1.82, 2.24) is 9.97 Å². The number of pyridine rings is 2. The molecule has 2 aliphatic rings. The summed E-state index contributed by atoms with van der Waals surface area (Å²) in [5, 5.41) is 7.37. The molecule has 2 unspecified atom stereocenters. The second kappa shape index (κ2) is 7.39. The van der Waals surface area contributed by atoms with Crippen LogP contribution in [0.2, 0.25) is 0 Å². The summed E-state index contributed by atoms with van der Waals surface area (Å²) in [5.41, 5.74) is 6.17. The van der Waals surface area contributed by atoms with Crippen LogP contribution in [0, 0.1) is 5.92 Å². The van der Waals surface area contributed by atoms with E-state index in [0.29, 0.717) is 5.92 Å². The van der Waals surface area contributed by atoms with Crippen molar-refractivity contribution < 1.29 is 0 Å². The number of aromatic nitrogens is 2. The van der Waals surface area contributed by atoms with Crippen LogP contribution >= 0.6 is 0 Å². The van der Waals surface area contributed by atoms with Gasteiger partial charge < -0.3 is 0 Å². The Hall–Kier alpha value is -3.27. The molecule has 1 saturated carbocycles. The lowest BCUT2D eigenvalue weighted by atomic mass is 9.77. The minimum atomic E-state index is 0.210. The Balaban J connectivity index is 1.59. The minimum Gasteiger partial charge on any atom is -0.265 e. The van der Waals surface area contributed by atoms with Gasteiger partial charge in [0.25, 0.3) is 0 Å². The van der Waals surface area contributed by atoms with Crippen molar-refractivity contribution in [2.75, 3.05) is 5.01 Å². The number of anilines is 1. The fourth-order valence-corrected chi connectivity index (χ4v) is 4.35. The average Bonchev–Trinajstić information content (AvgIpc) is 3.16. The predicted octanol–water partition coefficient (Wildman–Crippen LogP) is 5.28. The van der Waals surface area contributed by atoms with E-state index < -0.39 is 0 Å². The lowest BCUT2D eigenvalue weighted by Crippen LogP contribution is -2.28. The number of fused-ring (bicyclic) bond motifs is 1. The molecule has 138 valence electrons. The van der Waals surface area contributed by atoms with E-state index in [4.69, 9.17) is 5.10 Å². The van der Waals surface area contributed by atoms with E-state index in [1.807, 2.05) is 24.8 Å². The highest BCUT2D eigenvalue weighted by atomic mass is 15.5. The first-order chi connectivity index (χ1) is 13.9. The molecular formula is C24H22N4. The average molecular weight is 366 g/mol. The largest absolute Gasteiger partial charge is 0.265 e. The van der Waals surface area contributed by atoms with Crippen LogP contribution in [0.1, 0.15) is 36.4 Å². The number of hydrazone groups is 1. The third-order valence-electron chi connectivity index (χ3n) is 5.62. The maximum absolute atomic E-state index is 5.16. The highest BCUT2D eigenvalue weighted by Gasteiger charge is 2.41. The van der Waals surface area contributed by atoms with Crippen molar-refractivity contribution in [3.63, 3.8) is 0 Å². The number of benzene rings is 1. The summed E-state index contributed by atoms with van der Waals surface area (Å²) in [7, 11) is 0. The van der Waals surface area contributed by atoms with E-state index in [2.05, 4.69) is 75.7 Å². The van der Waals surface area contributed by atoms with Gasteiger partial charge in [0, 0.05) is 30.7 Å². The molecule has 0 bridgehead atoms. The number of allylic oxidation sites excluding steroid dienone is 1. The molecule has 1 aliphatic heterocycles. The monoisotopic (exact) mass is 366 g/mol. The summed E-state index contributed by atoms with van der Waals surface area (Å²) < 4.78 is 0. The van der Waals surface area contributed by atoms with Crippen molar-refractivity contribution >= 4 is 17.5 Å². The summed E-state index contributed by atoms with van der Waals surface area (Å²) in [5.74, 6) is 0.393. The molecule has 0 spiro atoms. The molecule has 4 nitrogen and oxygen atoms in total. The standard InChI is InChI=1S/C24H22N4/c1-2-6-21(7-3-1)28-24(19-11-15-26-16-12-19)22-8-4-5-20(23(22)27-28)17-18-9-13-25-14-10-18/h1-3,6-7,9-17,22,24H,4-5,8H2/b20-17+. The zero-order chi connectivity index (χ0) is 18.8. The van der Waals surface area contributed by atoms with Crippen molar-refractivity contribution in [2.24, 2.45) is 11.0 Å². The summed E-state index contributed by atoms with van der Waals surface area (Å²) >= 11 is 0. The second-order valence-electron chi connectivity index (χ2n) is 7.34. The Kier molecular flexibility index (Phi) is 4.45. The lowest BCUT2D eigenvalue weighted by Gasteiger charge is -2.30. The summed E-state index contributed by atoms with van der Waals surface area (Å²) in [6.45, 7) is 0. The first-order valence-electron chi connectivity index (χ1n) is 9.84. The number of hydrogen-bond donors (Lipinski definition) is 0. The molecule has 3 heterocycles. The van der Waals surface area contributed by atoms with Crippen molar-refractivity contribution in [3.05, 3.63) is 96.1 Å². The number of para-hydroxylation sites is 1. The lowest BCUT2D eigenvalue weighted by molar-refractivity contribution is 0.487. The van der Waals surface area contributed by atoms with E-state index >= 15 is 0 Å². The second-order valence-corrected chi connectivity index (χ2v) is 7.34. The Bertz CT molecular complexity index is 997. The van der Waals surface area contributed by atoms with E-state index in [-0.39, 0.29) is 6.04 Å². The topological polar surface area (TPSA) is 41.4 Å². The van der Waals surface area contributed by atoms with Gasteiger partial charge in [-0.1, -0.05) is 18.2 Å². The molecule has 0 radical (unpaired) electrons. The zero-order valence-electron chi connectivity index (χ0n) is 15.6. The molecule has 0 amide bonds. The quantitative estimate of drug-likeness (QED) is 0.633. The number of hydrogen-bond acceptors (Lipinski definition) is 4. The molecule has 3 aromatic rings. The van der Waals surface area contributed by atoms with Crippen LogP contribution in [-0.2, 0) is 0 Å². The van der Waals surface area contributed by atoms with E-state index in [9.17, 15) is 0 Å². The van der Waals surface area contributed by atoms with Crippen molar-refractivity contribution in [1.29, 1.82) is 0 Å². The molecule has 0 N–H and O–H groups in total. The number of rotatable bonds is 3. The smallest absolute Gasteiger partial charge is 0.0860 e. The fourth-order valence-electron chi connectivity index (χ4n) is 4.35. The van der Waals surface area contributed by atoms with Gasteiger partial charge in [0.2, 0.25) is 0 Å². The van der Waals surface area contributed by atoms with Crippen LogP contribution in [0.15, 0.2) is 90.1 Å². The number of nitrogens with zero attached hydrogens (tertiary/aromatic N) is 4. The van der Waals surface area contributed by atoms with Gasteiger partial charge in [0.1, 0.15) is 0 Å². The fraction of sp³-hybridized carbons (Fsp3) is 0.208. The predicted molar refractivity (Wildman–Crippen MR) is 113 cm³/mol. The van der Waals surface area contributed by atoms with Gasteiger partial charge in [-0.2, -0.15) is 5.10 Å². The first kappa shape index (κ1) is 16.9. The third-order valence-corrected chi connectivity index (χ3v) is 5.62. The molecule has 4 heteroatoms. The Morgan fingerprint density at radius 2 is 1.57 bits per heavy atom. The molecule has 1 aromatic carbocycles. The Morgan fingerprint density at radius 1 is 0.857 bits per heavy atom. The van der Waals surface area contributed by atoms with Crippen LogP contribution in [0.25, 0.3) is 6.08 Å². The van der Waals surface area contributed by atoms with Gasteiger partial charge in [-0.3, -0.25) is 15.0 Å². The van der Waals surface area contributed by atoms with Crippen LogP contribution in [-0.4, -0.2) is 15.7 Å². The molecular weight excluding hydrogens is 344 g/mol. The Labute approximate surface area is 165 Å². The van der Waals surface area contributed by atoms with Crippen molar-refractivity contribution in [2.45, 2.75) is 25.3 Å². The first-order valence-corrected chi connectivity index (χ1v) is 9.84. The van der Waals surface area contributed by atoms with E-state index in [1.165, 1.54) is 28.8 Å². The summed E-state index contributed by atoms with van der Waals surface area (Å²) in [6, 6.07) is 19.1. The van der Waals surface area contributed by atoms with Crippen LogP contribution in [0.4, 0.5) is 5.69 Å². The normalized spacial score (nSPS) is 22.8. The molecule has 0 saturated heterocycles. The maximum atomic E-state index is 5.16. The summed E-state index contributed by atoms with van der Waals surface area (Å²) in [4.78, 5) is 8.35. The van der Waals surface area contributed by atoms with E-state index in [1.54, 1.807) is 0 Å². The van der Waals surface area contributed by atoms with Gasteiger partial charge in [0.15, 0.2) is 0 Å². The van der Waals surface area contributed by atoms with Gasteiger partial charge in [-0.15, -0.1) is 0 Å². The highest BCUT2D eigenvalue weighted by Crippen LogP contribution is 2.45. The molecule has 28 heavy (non-hydrogen) atoms. The van der Waals surface area contributed by atoms with Gasteiger partial charge >= 0.3 is 0 Å². The van der Waals surface area contributed by atoms with Gasteiger partial charge in [-0.05, 0) is 78.4 Å². The molecule has 1 aliphatic carbocycles. The highest BCUT2D eigenvalue weighted by molar-refractivity contribution is 6.08. The molecule has 5 rings (SSSR count). The minimum absolute atomic E-state index is 0.210. The summed E-state index contributed by atoms with van der Waals surface area (Å²) in [6.07, 6.45) is 13.2. The van der Waals surface area contributed by atoms with Crippen LogP contribution in [0.3, 0.4) is 0 Å². The Morgan fingerprint density at radius 3 is 2.32 bits per heavy atom.